The second-order valence-corrected chi connectivity index (χ2v) is 5.82. The van der Waals surface area contributed by atoms with Crippen LogP contribution in [0.15, 0.2) is 0 Å². The lowest BCUT2D eigenvalue weighted by atomic mass is 9.74. The predicted molar refractivity (Wildman–Crippen MR) is 66.1 cm³/mol. The van der Waals surface area contributed by atoms with Crippen LogP contribution in [0, 0.1) is 22.7 Å². The maximum Gasteiger partial charge on any atom is 0.228 e. The predicted octanol–water partition coefficient (Wildman–Crippen LogP) is 2.72. The van der Waals surface area contributed by atoms with Crippen LogP contribution in [-0.2, 0) is 4.79 Å². The lowest BCUT2D eigenvalue weighted by Gasteiger charge is -2.39. The van der Waals surface area contributed by atoms with Crippen LogP contribution in [0.1, 0.15) is 51.9 Å². The summed E-state index contributed by atoms with van der Waals surface area (Å²) in [5.41, 5.74) is -0.113. The fourth-order valence-electron chi connectivity index (χ4n) is 3.14. The van der Waals surface area contributed by atoms with Gasteiger partial charge in [0.25, 0.3) is 0 Å². The minimum atomic E-state index is -0.113. The van der Waals surface area contributed by atoms with Crippen LogP contribution in [-0.4, -0.2) is 23.9 Å². The van der Waals surface area contributed by atoms with Crippen molar-refractivity contribution in [3.8, 4) is 6.07 Å². The number of nitrogens with zero attached hydrogens (tertiary/aromatic N) is 2. The van der Waals surface area contributed by atoms with Crippen LogP contribution in [0.4, 0.5) is 0 Å². The molecule has 1 heterocycles. The molecule has 0 aromatic rings. The number of carbonyl (C=O) groups is 1. The quantitative estimate of drug-likeness (QED) is 0.700. The molecule has 0 spiro atoms. The van der Waals surface area contributed by atoms with Crippen LogP contribution >= 0.6 is 0 Å². The number of hydrogen-bond acceptors (Lipinski definition) is 2. The first-order chi connectivity index (χ1) is 8.15. The molecule has 1 saturated heterocycles. The molecule has 0 aromatic heterocycles. The topological polar surface area (TPSA) is 44.1 Å². The average Bonchev–Trinajstić information content (AvgIpc) is 2.39. The van der Waals surface area contributed by atoms with E-state index in [1.807, 2.05) is 4.90 Å². The van der Waals surface area contributed by atoms with E-state index >= 15 is 0 Å². The number of likely N-dealkylation sites (tertiary alicyclic amines) is 1. The molecule has 1 aliphatic carbocycles. The number of nitriles is 1. The fraction of sp³-hybridized carbons (Fsp3) is 0.857. The van der Waals surface area contributed by atoms with Gasteiger partial charge in [-0.1, -0.05) is 26.2 Å². The molecule has 94 valence electrons. The number of piperidine rings is 1. The summed E-state index contributed by atoms with van der Waals surface area (Å²) in [6.07, 6.45) is 7.47. The van der Waals surface area contributed by atoms with E-state index in [0.29, 0.717) is 5.91 Å². The van der Waals surface area contributed by atoms with Gasteiger partial charge in [-0.15, -0.1) is 0 Å². The van der Waals surface area contributed by atoms with Crippen molar-refractivity contribution in [3.63, 3.8) is 0 Å². The van der Waals surface area contributed by atoms with Crippen LogP contribution < -0.4 is 0 Å². The van der Waals surface area contributed by atoms with E-state index in [1.54, 1.807) is 0 Å². The van der Waals surface area contributed by atoms with Gasteiger partial charge in [-0.05, 0) is 25.7 Å². The molecule has 0 N–H and O–H groups in total. The first-order valence-electron chi connectivity index (χ1n) is 6.85. The van der Waals surface area contributed by atoms with Crippen molar-refractivity contribution in [2.45, 2.75) is 51.9 Å². The van der Waals surface area contributed by atoms with E-state index in [0.717, 1.165) is 38.8 Å². The largest absolute Gasteiger partial charge is 0.342 e. The lowest BCUT2D eigenvalue weighted by molar-refractivity contribution is -0.144. The van der Waals surface area contributed by atoms with Crippen LogP contribution in [0.3, 0.4) is 0 Å². The van der Waals surface area contributed by atoms with Crippen LogP contribution in [0.5, 0.6) is 0 Å². The van der Waals surface area contributed by atoms with Crippen molar-refractivity contribution in [1.82, 2.24) is 4.90 Å². The standard InChI is InChI=1S/C14H22N2O/c1-14(7-3-2-4-8-14)13(17)16-9-5-12(11-15)6-10-16/h12H,2-10H2,1H3. The normalized spacial score (nSPS) is 25.3. The Kier molecular flexibility index (Phi) is 3.71. The molecule has 3 nitrogen and oxygen atoms in total. The Hall–Kier alpha value is -1.04. The van der Waals surface area contributed by atoms with E-state index in [1.165, 1.54) is 19.3 Å². The highest BCUT2D eigenvalue weighted by Crippen LogP contribution is 2.38. The minimum absolute atomic E-state index is 0.113. The third-order valence-corrected chi connectivity index (χ3v) is 4.44. The molecule has 0 bridgehead atoms. The minimum Gasteiger partial charge on any atom is -0.342 e. The zero-order chi connectivity index (χ0) is 12.3. The first-order valence-corrected chi connectivity index (χ1v) is 6.85. The van der Waals surface area contributed by atoms with Gasteiger partial charge in [-0.25, -0.2) is 0 Å². The van der Waals surface area contributed by atoms with Crippen molar-refractivity contribution >= 4 is 5.91 Å². The Morgan fingerprint density at radius 2 is 1.82 bits per heavy atom. The summed E-state index contributed by atoms with van der Waals surface area (Å²) in [7, 11) is 0. The monoisotopic (exact) mass is 234 g/mol. The van der Waals surface area contributed by atoms with E-state index in [2.05, 4.69) is 13.0 Å². The van der Waals surface area contributed by atoms with Crippen molar-refractivity contribution in [1.29, 1.82) is 5.26 Å². The van der Waals surface area contributed by atoms with Gasteiger partial charge in [-0.2, -0.15) is 5.26 Å². The van der Waals surface area contributed by atoms with Gasteiger partial charge >= 0.3 is 0 Å². The van der Waals surface area contributed by atoms with Gasteiger partial charge in [-0.3, -0.25) is 4.79 Å². The molecule has 2 rings (SSSR count). The highest BCUT2D eigenvalue weighted by Gasteiger charge is 2.38. The smallest absolute Gasteiger partial charge is 0.228 e. The Morgan fingerprint density at radius 1 is 1.24 bits per heavy atom. The van der Waals surface area contributed by atoms with Gasteiger partial charge in [0.2, 0.25) is 5.91 Å². The van der Waals surface area contributed by atoms with Gasteiger partial charge in [0.15, 0.2) is 0 Å². The molecule has 0 unspecified atom stereocenters. The summed E-state index contributed by atoms with van der Waals surface area (Å²) in [5.74, 6) is 0.506. The van der Waals surface area contributed by atoms with E-state index in [4.69, 9.17) is 5.26 Å². The molecule has 0 radical (unpaired) electrons. The second kappa shape index (κ2) is 5.08. The summed E-state index contributed by atoms with van der Waals surface area (Å²) in [6, 6.07) is 2.31. The highest BCUT2D eigenvalue weighted by molar-refractivity contribution is 5.82. The maximum atomic E-state index is 12.5. The van der Waals surface area contributed by atoms with E-state index in [-0.39, 0.29) is 11.3 Å². The molecule has 3 heteroatoms. The van der Waals surface area contributed by atoms with Crippen LogP contribution in [0.25, 0.3) is 0 Å². The second-order valence-electron chi connectivity index (χ2n) is 5.82. The molecule has 1 amide bonds. The summed E-state index contributed by atoms with van der Waals surface area (Å²) in [6.45, 7) is 3.70. The van der Waals surface area contributed by atoms with Crippen molar-refractivity contribution < 1.29 is 4.79 Å². The Labute approximate surface area is 104 Å². The third-order valence-electron chi connectivity index (χ3n) is 4.44. The summed E-state index contributed by atoms with van der Waals surface area (Å²) in [5, 5.41) is 8.86. The highest BCUT2D eigenvalue weighted by atomic mass is 16.2. The van der Waals surface area contributed by atoms with Crippen molar-refractivity contribution in [3.05, 3.63) is 0 Å². The molecular formula is C14H22N2O. The van der Waals surface area contributed by atoms with Crippen molar-refractivity contribution in [2.75, 3.05) is 13.1 Å². The van der Waals surface area contributed by atoms with Gasteiger partial charge in [0.1, 0.15) is 0 Å². The van der Waals surface area contributed by atoms with Gasteiger partial charge in [0, 0.05) is 24.4 Å². The van der Waals surface area contributed by atoms with E-state index in [9.17, 15) is 4.79 Å². The Bertz CT molecular complexity index is 318. The zero-order valence-corrected chi connectivity index (χ0v) is 10.7. The molecule has 0 aromatic carbocycles. The Morgan fingerprint density at radius 3 is 2.35 bits per heavy atom. The summed E-state index contributed by atoms with van der Waals surface area (Å²) >= 11 is 0. The lowest BCUT2D eigenvalue weighted by Crippen LogP contribution is -2.46. The molecule has 2 fully saturated rings. The van der Waals surface area contributed by atoms with Crippen LogP contribution in [0.2, 0.25) is 0 Å². The Balaban J connectivity index is 1.94. The molecule has 17 heavy (non-hydrogen) atoms. The SMILES string of the molecule is CC1(C(=O)N2CCC(C#N)CC2)CCCCC1. The van der Waals surface area contributed by atoms with Gasteiger partial charge in [0.05, 0.1) is 6.07 Å². The molecular weight excluding hydrogens is 212 g/mol. The first kappa shape index (κ1) is 12.4. The third kappa shape index (κ3) is 2.62. The zero-order valence-electron chi connectivity index (χ0n) is 10.7. The molecule has 0 atom stereocenters. The fourth-order valence-corrected chi connectivity index (χ4v) is 3.14. The number of carbonyl (C=O) groups excluding carboxylic acids is 1. The number of rotatable bonds is 1. The summed E-state index contributed by atoms with van der Waals surface area (Å²) in [4.78, 5) is 14.5. The maximum absolute atomic E-state index is 12.5. The van der Waals surface area contributed by atoms with Crippen molar-refractivity contribution in [2.24, 2.45) is 11.3 Å². The van der Waals surface area contributed by atoms with Gasteiger partial charge < -0.3 is 4.90 Å². The molecule has 1 saturated carbocycles. The number of hydrogen-bond donors (Lipinski definition) is 0. The molecule has 1 aliphatic heterocycles. The average molecular weight is 234 g/mol. The molecule has 2 aliphatic rings. The summed E-state index contributed by atoms with van der Waals surface area (Å²) < 4.78 is 0. The number of amides is 1. The van der Waals surface area contributed by atoms with E-state index < -0.39 is 0 Å².